The van der Waals surface area contributed by atoms with Gasteiger partial charge < -0.3 is 10.7 Å². The highest BCUT2D eigenvalue weighted by Crippen LogP contribution is 2.50. The van der Waals surface area contributed by atoms with Gasteiger partial charge in [0, 0.05) is 35.6 Å². The molecule has 3 aromatic heterocycles. The highest BCUT2D eigenvalue weighted by Gasteiger charge is 2.50. The van der Waals surface area contributed by atoms with E-state index in [1.807, 2.05) is 18.3 Å². The van der Waals surface area contributed by atoms with Crippen molar-refractivity contribution in [1.29, 1.82) is 0 Å². The summed E-state index contributed by atoms with van der Waals surface area (Å²) >= 11 is 0. The maximum absolute atomic E-state index is 13.4. The maximum atomic E-state index is 13.4. The van der Waals surface area contributed by atoms with Gasteiger partial charge in [-0.05, 0) is 56.7 Å². The van der Waals surface area contributed by atoms with Gasteiger partial charge in [0.15, 0.2) is 0 Å². The van der Waals surface area contributed by atoms with Crippen molar-refractivity contribution in [3.05, 3.63) is 83.9 Å². The molecule has 38 heavy (non-hydrogen) atoms. The number of nitrogen functional groups attached to an aromatic ring is 1. The number of hydrogen-bond donors (Lipinski definition) is 2. The SMILES string of the molecule is CCCC(CCCC(=O)C1(c2ccc(C)cc2)CC1)c1nc(-c2cc3ccccc3[nH]2)c2c(N)nccn12. The van der Waals surface area contributed by atoms with Gasteiger partial charge in [-0.3, -0.25) is 9.20 Å². The number of nitrogens with zero attached hydrogens (tertiary/aromatic N) is 3. The molecule has 0 radical (unpaired) electrons. The second-order valence-electron chi connectivity index (χ2n) is 10.9. The molecule has 2 aromatic carbocycles. The number of anilines is 1. The van der Waals surface area contributed by atoms with Crippen molar-refractivity contribution in [3.8, 4) is 11.4 Å². The Hall–Kier alpha value is -3.93. The molecule has 1 aliphatic rings. The van der Waals surface area contributed by atoms with Crippen LogP contribution in [-0.4, -0.2) is 25.1 Å². The molecule has 6 nitrogen and oxygen atoms in total. The molecule has 194 valence electrons. The van der Waals surface area contributed by atoms with Gasteiger partial charge in [-0.25, -0.2) is 9.97 Å². The number of benzene rings is 2. The number of carbonyl (C=O) groups excluding carboxylic acids is 1. The van der Waals surface area contributed by atoms with Crippen LogP contribution in [-0.2, 0) is 10.2 Å². The van der Waals surface area contributed by atoms with Gasteiger partial charge in [-0.15, -0.1) is 0 Å². The summed E-state index contributed by atoms with van der Waals surface area (Å²) < 4.78 is 2.11. The van der Waals surface area contributed by atoms with Crippen molar-refractivity contribution in [2.24, 2.45) is 0 Å². The molecule has 0 bridgehead atoms. The second kappa shape index (κ2) is 9.75. The average Bonchev–Trinajstić information content (AvgIpc) is 3.46. The lowest BCUT2D eigenvalue weighted by atomic mass is 9.87. The molecule has 6 rings (SSSR count). The summed E-state index contributed by atoms with van der Waals surface area (Å²) in [5, 5.41) is 1.14. The fourth-order valence-electron chi connectivity index (χ4n) is 5.99. The predicted molar refractivity (Wildman–Crippen MR) is 153 cm³/mol. The van der Waals surface area contributed by atoms with Crippen LogP contribution in [0.25, 0.3) is 27.8 Å². The Morgan fingerprint density at radius 3 is 2.66 bits per heavy atom. The molecule has 1 atom stereocenters. The third-order valence-corrected chi connectivity index (χ3v) is 8.24. The first-order chi connectivity index (χ1) is 18.5. The second-order valence-corrected chi connectivity index (χ2v) is 10.9. The number of Topliss-reactive ketones (excluding diaryl/α,β-unsaturated/α-hetero) is 1. The molecule has 0 spiro atoms. The number of para-hydroxylation sites is 1. The Bertz CT molecular complexity index is 1570. The lowest BCUT2D eigenvalue weighted by Gasteiger charge is -2.18. The zero-order chi connectivity index (χ0) is 26.3. The summed E-state index contributed by atoms with van der Waals surface area (Å²) in [6.45, 7) is 4.30. The van der Waals surface area contributed by atoms with Crippen molar-refractivity contribution in [2.75, 3.05) is 5.73 Å². The summed E-state index contributed by atoms with van der Waals surface area (Å²) in [5.41, 5.74) is 12.2. The van der Waals surface area contributed by atoms with Crippen molar-refractivity contribution in [3.63, 3.8) is 0 Å². The minimum atomic E-state index is -0.253. The third kappa shape index (κ3) is 4.28. The number of aryl methyl sites for hydroxylation is 1. The van der Waals surface area contributed by atoms with E-state index in [0.717, 1.165) is 72.2 Å². The molecular formula is C32H35N5O. The molecule has 0 amide bonds. The molecule has 1 fully saturated rings. The highest BCUT2D eigenvalue weighted by molar-refractivity contribution is 5.93. The monoisotopic (exact) mass is 505 g/mol. The molecule has 1 aliphatic carbocycles. The molecule has 0 saturated heterocycles. The first kappa shape index (κ1) is 24.4. The first-order valence-corrected chi connectivity index (χ1v) is 13.8. The van der Waals surface area contributed by atoms with Crippen LogP contribution in [0.1, 0.15) is 74.7 Å². The fraction of sp³-hybridized carbons (Fsp3) is 0.344. The van der Waals surface area contributed by atoms with Crippen LogP contribution in [0, 0.1) is 6.92 Å². The van der Waals surface area contributed by atoms with Gasteiger partial charge in [-0.2, -0.15) is 0 Å². The van der Waals surface area contributed by atoms with Crippen LogP contribution in [0.2, 0.25) is 0 Å². The Kier molecular flexibility index (Phi) is 6.26. The van der Waals surface area contributed by atoms with E-state index >= 15 is 0 Å². The van der Waals surface area contributed by atoms with Gasteiger partial charge in [0.25, 0.3) is 0 Å². The summed E-state index contributed by atoms with van der Waals surface area (Å²) in [6.07, 6.45) is 10.1. The summed E-state index contributed by atoms with van der Waals surface area (Å²) in [7, 11) is 0. The molecular weight excluding hydrogens is 470 g/mol. The average molecular weight is 506 g/mol. The molecule has 3 heterocycles. The van der Waals surface area contributed by atoms with Gasteiger partial charge in [0.2, 0.25) is 0 Å². The van der Waals surface area contributed by atoms with Crippen LogP contribution in [0.3, 0.4) is 0 Å². The van der Waals surface area contributed by atoms with Crippen LogP contribution >= 0.6 is 0 Å². The highest BCUT2D eigenvalue weighted by atomic mass is 16.1. The number of fused-ring (bicyclic) bond motifs is 2. The number of nitrogens with two attached hydrogens (primary N) is 1. The van der Waals surface area contributed by atoms with Gasteiger partial charge in [-0.1, -0.05) is 61.4 Å². The number of nitrogens with one attached hydrogen (secondary N) is 1. The van der Waals surface area contributed by atoms with Gasteiger partial charge >= 0.3 is 0 Å². The van der Waals surface area contributed by atoms with Crippen LogP contribution in [0.5, 0.6) is 0 Å². The Balaban J connectivity index is 1.26. The standard InChI is InChI=1S/C32H35N5O/c1-3-7-22(9-6-11-27(38)32(16-17-32)24-14-12-21(2)13-15-24)31-36-28(29-30(33)34-18-19-37(29)31)26-20-23-8-4-5-10-25(23)35-26/h4-5,8,10,12-15,18-20,22,35H,3,6-7,9,11,16-17H2,1-2H3,(H2,33,34). The lowest BCUT2D eigenvalue weighted by molar-refractivity contribution is -0.121. The Morgan fingerprint density at radius 2 is 1.92 bits per heavy atom. The van der Waals surface area contributed by atoms with E-state index < -0.39 is 0 Å². The van der Waals surface area contributed by atoms with Crippen molar-refractivity contribution >= 4 is 28.0 Å². The van der Waals surface area contributed by atoms with Crippen LogP contribution in [0.4, 0.5) is 5.82 Å². The van der Waals surface area contributed by atoms with Crippen LogP contribution < -0.4 is 5.73 Å². The predicted octanol–water partition coefficient (Wildman–Crippen LogP) is 7.12. The maximum Gasteiger partial charge on any atom is 0.150 e. The summed E-state index contributed by atoms with van der Waals surface area (Å²) in [6, 6.07) is 18.9. The van der Waals surface area contributed by atoms with E-state index in [1.165, 1.54) is 11.1 Å². The number of rotatable bonds is 10. The smallest absolute Gasteiger partial charge is 0.150 e. The number of H-pyrrole nitrogens is 1. The summed E-state index contributed by atoms with van der Waals surface area (Å²) in [5.74, 6) is 2.09. The third-order valence-electron chi connectivity index (χ3n) is 8.24. The quantitative estimate of drug-likeness (QED) is 0.211. The first-order valence-electron chi connectivity index (χ1n) is 13.8. The molecule has 0 aliphatic heterocycles. The number of aromatic amines is 1. The van der Waals surface area contributed by atoms with E-state index in [4.69, 9.17) is 10.7 Å². The van der Waals surface area contributed by atoms with Crippen molar-refractivity contribution in [2.45, 2.75) is 70.1 Å². The summed E-state index contributed by atoms with van der Waals surface area (Å²) in [4.78, 5) is 26.4. The Morgan fingerprint density at radius 1 is 1.13 bits per heavy atom. The largest absolute Gasteiger partial charge is 0.382 e. The number of hydrogen-bond acceptors (Lipinski definition) is 4. The number of ketones is 1. The lowest BCUT2D eigenvalue weighted by Crippen LogP contribution is -2.20. The van der Waals surface area contributed by atoms with E-state index in [-0.39, 0.29) is 11.3 Å². The minimum absolute atomic E-state index is 0.231. The Labute approximate surface area is 223 Å². The van der Waals surface area contributed by atoms with E-state index in [9.17, 15) is 4.79 Å². The van der Waals surface area contributed by atoms with E-state index in [0.29, 0.717) is 18.0 Å². The van der Waals surface area contributed by atoms with Crippen LogP contribution in [0.15, 0.2) is 67.0 Å². The topological polar surface area (TPSA) is 89.1 Å². The fourth-order valence-corrected chi connectivity index (χ4v) is 5.99. The van der Waals surface area contributed by atoms with E-state index in [2.05, 4.69) is 70.7 Å². The van der Waals surface area contributed by atoms with Gasteiger partial charge in [0.1, 0.15) is 28.6 Å². The van der Waals surface area contributed by atoms with E-state index in [1.54, 1.807) is 6.20 Å². The van der Waals surface area contributed by atoms with Gasteiger partial charge in [0.05, 0.1) is 11.1 Å². The minimum Gasteiger partial charge on any atom is -0.382 e. The van der Waals surface area contributed by atoms with Crippen molar-refractivity contribution < 1.29 is 4.79 Å². The zero-order valence-electron chi connectivity index (χ0n) is 22.2. The zero-order valence-corrected chi connectivity index (χ0v) is 22.2. The normalized spacial score (nSPS) is 15.2. The molecule has 6 heteroatoms. The number of carbonyl (C=O) groups is 1. The molecule has 5 aromatic rings. The molecule has 1 unspecified atom stereocenters. The molecule has 1 saturated carbocycles. The van der Waals surface area contributed by atoms with Crippen molar-refractivity contribution in [1.82, 2.24) is 19.4 Å². The molecule has 3 N–H and O–H groups in total. The number of imidazole rings is 1. The number of aromatic nitrogens is 4.